The molecule has 3 aromatic heterocycles. The number of hydrogen-bond donors (Lipinski definition) is 3. The maximum Gasteiger partial charge on any atom is 0.347 e. The second-order valence-corrected chi connectivity index (χ2v) is 9.66. The Balaban J connectivity index is 1.48. The average molecular weight is 535 g/mol. The summed E-state index contributed by atoms with van der Waals surface area (Å²) in [5.74, 6) is -1.25. The molecule has 11 nitrogen and oxygen atoms in total. The first-order chi connectivity index (χ1) is 17.2. The first-order valence-corrected chi connectivity index (χ1v) is 12.8. The van der Waals surface area contributed by atoms with Gasteiger partial charge in [-0.25, -0.2) is 14.8 Å². The van der Waals surface area contributed by atoms with E-state index in [0.717, 1.165) is 11.3 Å². The van der Waals surface area contributed by atoms with Gasteiger partial charge >= 0.3 is 5.97 Å². The number of H-pyrrole nitrogens is 1. The van der Waals surface area contributed by atoms with Gasteiger partial charge in [-0.05, 0) is 32.8 Å². The number of anilines is 1. The van der Waals surface area contributed by atoms with Gasteiger partial charge in [0.15, 0.2) is 16.1 Å². The zero-order valence-electron chi connectivity index (χ0n) is 20.1. The Hall–Kier alpha value is -3.22. The molecule has 1 aliphatic rings. The topological polar surface area (TPSA) is 142 Å². The number of halogens is 1. The number of imidazole rings is 1. The van der Waals surface area contributed by atoms with Crippen molar-refractivity contribution in [3.05, 3.63) is 55.9 Å². The molecule has 3 aromatic rings. The number of nitrogens with one attached hydrogen (secondary N) is 2. The van der Waals surface area contributed by atoms with E-state index in [1.165, 1.54) is 10.6 Å². The number of aromatic nitrogens is 4. The Morgan fingerprint density at radius 2 is 2.14 bits per heavy atom. The standard InChI is InChI=1S/C23H27ClN6O5S/c1-4-14-19(24)28-20(26-14)21(32)27-15-7-8-29(11-16(15)35-5-2)13-6-9-30(17(31)10-13)23-25-12(3)18(36-23)22(33)34/h6,9-10,15-16H,4-5,7-8,11H2,1-3H3,(H,26,28)(H,27,32)(H,33,34). The van der Waals surface area contributed by atoms with Crippen LogP contribution in [0.1, 0.15) is 51.9 Å². The maximum absolute atomic E-state index is 12.8. The molecule has 1 amide bonds. The molecule has 0 radical (unpaired) electrons. The number of carboxylic acids is 1. The molecular weight excluding hydrogens is 508 g/mol. The van der Waals surface area contributed by atoms with Crippen molar-refractivity contribution >= 4 is 40.5 Å². The number of carbonyl (C=O) groups is 2. The Kier molecular flexibility index (Phi) is 7.76. The summed E-state index contributed by atoms with van der Waals surface area (Å²) in [4.78, 5) is 50.4. The Morgan fingerprint density at radius 3 is 2.75 bits per heavy atom. The fourth-order valence-corrected chi connectivity index (χ4v) is 5.33. The summed E-state index contributed by atoms with van der Waals surface area (Å²) in [6.45, 7) is 6.94. The third kappa shape index (κ3) is 5.30. The molecule has 1 saturated heterocycles. The van der Waals surface area contributed by atoms with Gasteiger partial charge < -0.3 is 25.0 Å². The molecule has 36 heavy (non-hydrogen) atoms. The Morgan fingerprint density at radius 1 is 1.36 bits per heavy atom. The number of ether oxygens (including phenoxy) is 1. The molecule has 13 heteroatoms. The number of carbonyl (C=O) groups excluding carboxylic acids is 1. The maximum atomic E-state index is 12.8. The molecule has 2 atom stereocenters. The van der Waals surface area contributed by atoms with Gasteiger partial charge in [-0.15, -0.1) is 0 Å². The molecule has 192 valence electrons. The van der Waals surface area contributed by atoms with Crippen LogP contribution in [-0.4, -0.2) is 68.3 Å². The molecule has 2 unspecified atom stereocenters. The van der Waals surface area contributed by atoms with Gasteiger partial charge in [-0.2, -0.15) is 0 Å². The van der Waals surface area contributed by atoms with Gasteiger partial charge in [-0.1, -0.05) is 29.9 Å². The first kappa shape index (κ1) is 25.9. The number of carboxylic acid groups (broad SMARTS) is 1. The van der Waals surface area contributed by atoms with Crippen molar-refractivity contribution in [2.45, 2.75) is 45.8 Å². The number of amides is 1. The second-order valence-electron chi connectivity index (χ2n) is 8.33. The lowest BCUT2D eigenvalue weighted by Gasteiger charge is -2.39. The second kappa shape index (κ2) is 10.8. The number of rotatable bonds is 8. The van der Waals surface area contributed by atoms with Crippen LogP contribution in [0.3, 0.4) is 0 Å². The zero-order chi connectivity index (χ0) is 26.0. The lowest BCUT2D eigenvalue weighted by Crippen LogP contribution is -2.55. The van der Waals surface area contributed by atoms with Crippen LogP contribution in [0, 0.1) is 6.92 Å². The Bertz CT molecular complexity index is 1330. The van der Waals surface area contributed by atoms with Crippen molar-refractivity contribution in [1.82, 2.24) is 24.8 Å². The minimum absolute atomic E-state index is 0.104. The molecule has 0 saturated carbocycles. The van der Waals surface area contributed by atoms with Gasteiger partial charge in [0.2, 0.25) is 0 Å². The van der Waals surface area contributed by atoms with Crippen molar-refractivity contribution in [3.63, 3.8) is 0 Å². The van der Waals surface area contributed by atoms with E-state index in [4.69, 9.17) is 16.3 Å². The van der Waals surface area contributed by atoms with Crippen LogP contribution in [0.4, 0.5) is 5.69 Å². The predicted octanol–water partition coefficient (Wildman–Crippen LogP) is 2.65. The number of aromatic amines is 1. The lowest BCUT2D eigenvalue weighted by molar-refractivity contribution is 0.0271. The summed E-state index contributed by atoms with van der Waals surface area (Å²) in [6.07, 6.45) is 2.53. The number of hydrogen-bond acceptors (Lipinski definition) is 8. The summed E-state index contributed by atoms with van der Waals surface area (Å²) in [7, 11) is 0. The van der Waals surface area contributed by atoms with Gasteiger partial charge in [0, 0.05) is 37.6 Å². The number of thiazole rings is 1. The van der Waals surface area contributed by atoms with Crippen LogP contribution in [0.2, 0.25) is 5.15 Å². The summed E-state index contributed by atoms with van der Waals surface area (Å²) >= 11 is 7.03. The number of aryl methyl sites for hydroxylation is 2. The van der Waals surface area contributed by atoms with Crippen LogP contribution in [0.5, 0.6) is 0 Å². The summed E-state index contributed by atoms with van der Waals surface area (Å²) < 4.78 is 7.27. The highest BCUT2D eigenvalue weighted by Crippen LogP contribution is 2.24. The molecule has 0 aliphatic carbocycles. The summed E-state index contributed by atoms with van der Waals surface area (Å²) in [5, 5.41) is 12.9. The van der Waals surface area contributed by atoms with Crippen molar-refractivity contribution < 1.29 is 19.4 Å². The fraction of sp³-hybridized carbons (Fsp3) is 0.435. The van der Waals surface area contributed by atoms with E-state index in [0.29, 0.717) is 59.9 Å². The molecule has 4 heterocycles. The number of nitrogens with zero attached hydrogens (tertiary/aromatic N) is 4. The lowest BCUT2D eigenvalue weighted by atomic mass is 10.0. The molecule has 4 rings (SSSR count). The molecule has 3 N–H and O–H groups in total. The highest BCUT2D eigenvalue weighted by Gasteiger charge is 2.32. The van der Waals surface area contributed by atoms with Crippen LogP contribution >= 0.6 is 22.9 Å². The largest absolute Gasteiger partial charge is 0.477 e. The molecule has 1 aliphatic heterocycles. The third-order valence-electron chi connectivity index (χ3n) is 6.01. The van der Waals surface area contributed by atoms with E-state index in [9.17, 15) is 19.5 Å². The predicted molar refractivity (Wildman–Crippen MR) is 136 cm³/mol. The van der Waals surface area contributed by atoms with E-state index >= 15 is 0 Å². The molecule has 1 fully saturated rings. The van der Waals surface area contributed by atoms with Crippen molar-refractivity contribution in [2.24, 2.45) is 0 Å². The molecule has 0 spiro atoms. The Labute approximate surface area is 216 Å². The van der Waals surface area contributed by atoms with Crippen LogP contribution < -0.4 is 15.8 Å². The van der Waals surface area contributed by atoms with E-state index < -0.39 is 5.97 Å². The average Bonchev–Trinajstić information content (AvgIpc) is 3.42. The first-order valence-electron chi connectivity index (χ1n) is 11.6. The van der Waals surface area contributed by atoms with E-state index in [1.807, 2.05) is 18.7 Å². The molecule has 0 bridgehead atoms. The van der Waals surface area contributed by atoms with Crippen LogP contribution in [0.15, 0.2) is 23.1 Å². The van der Waals surface area contributed by atoms with Gasteiger partial charge in [0.1, 0.15) is 4.88 Å². The quantitative estimate of drug-likeness (QED) is 0.400. The van der Waals surface area contributed by atoms with Gasteiger partial charge in [0.25, 0.3) is 11.5 Å². The van der Waals surface area contributed by atoms with Crippen molar-refractivity contribution in [2.75, 3.05) is 24.6 Å². The van der Waals surface area contributed by atoms with Crippen LogP contribution in [-0.2, 0) is 11.2 Å². The number of piperidine rings is 1. The fourth-order valence-electron chi connectivity index (χ4n) is 4.17. The summed E-state index contributed by atoms with van der Waals surface area (Å²) in [6, 6.07) is 3.05. The van der Waals surface area contributed by atoms with Crippen molar-refractivity contribution in [3.8, 4) is 5.13 Å². The SMILES string of the molecule is CCOC1CN(c2ccn(-c3nc(C)c(C(=O)O)s3)c(=O)c2)CCC1NC(=O)c1nc(Cl)c(CC)[nH]1. The van der Waals surface area contributed by atoms with E-state index in [1.54, 1.807) is 19.2 Å². The third-order valence-corrected chi connectivity index (χ3v) is 7.46. The minimum atomic E-state index is -1.07. The molecule has 0 aromatic carbocycles. The zero-order valence-corrected chi connectivity index (χ0v) is 21.6. The van der Waals surface area contributed by atoms with Crippen molar-refractivity contribution in [1.29, 1.82) is 0 Å². The normalized spacial score (nSPS) is 17.8. The van der Waals surface area contributed by atoms with Crippen LogP contribution in [0.25, 0.3) is 5.13 Å². The van der Waals surface area contributed by atoms with E-state index in [-0.39, 0.29) is 34.3 Å². The highest BCUT2D eigenvalue weighted by molar-refractivity contribution is 7.16. The van der Waals surface area contributed by atoms with E-state index in [2.05, 4.69) is 20.3 Å². The van der Waals surface area contributed by atoms with Gasteiger partial charge in [-0.3, -0.25) is 14.2 Å². The molecular formula is C23H27ClN6O5S. The highest BCUT2D eigenvalue weighted by atomic mass is 35.5. The summed E-state index contributed by atoms with van der Waals surface area (Å²) in [5.41, 5.74) is 1.47. The number of pyridine rings is 1. The smallest absolute Gasteiger partial charge is 0.347 e. The number of aromatic carboxylic acids is 1. The minimum Gasteiger partial charge on any atom is -0.477 e. The monoisotopic (exact) mass is 534 g/mol. The van der Waals surface area contributed by atoms with Gasteiger partial charge in [0.05, 0.1) is 23.5 Å².